The van der Waals surface area contributed by atoms with Crippen LogP contribution in [0, 0.1) is 0 Å². The van der Waals surface area contributed by atoms with E-state index in [9.17, 15) is 21.1 Å². The number of ether oxygens (including phenoxy) is 1. The van der Waals surface area contributed by atoms with Crippen molar-refractivity contribution < 1.29 is 25.8 Å². The minimum Gasteiger partial charge on any atom is -0.477 e. The van der Waals surface area contributed by atoms with Crippen molar-refractivity contribution in [2.75, 3.05) is 5.94 Å². The Kier molecular flexibility index (Phi) is 3.20. The van der Waals surface area contributed by atoms with E-state index >= 15 is 0 Å². The minimum absolute atomic E-state index is 0.142. The maximum absolute atomic E-state index is 11.4. The summed E-state index contributed by atoms with van der Waals surface area (Å²) < 4.78 is 56.1. The fraction of sp³-hybridized carbons (Fsp3) is 0.333. The Balaban J connectivity index is 3.69. The zero-order valence-electron chi connectivity index (χ0n) is 4.55. The lowest BCUT2D eigenvalue weighted by atomic mass is 11.0. The molecule has 0 spiro atoms. The molecule has 0 aromatic rings. The lowest BCUT2D eigenvalue weighted by Gasteiger charge is -1.91. The lowest BCUT2D eigenvalue weighted by molar-refractivity contribution is 0.265. The Morgan fingerprint density at radius 3 is 2.30 bits per heavy atom. The van der Waals surface area contributed by atoms with Crippen molar-refractivity contribution in [1.82, 2.24) is 0 Å². The van der Waals surface area contributed by atoms with Crippen LogP contribution in [0.25, 0.3) is 0 Å². The third-order valence-corrected chi connectivity index (χ3v) is 0.799. The molecule has 0 fully saturated rings. The average Bonchev–Trinajstić information content (AvgIpc) is 1.59. The van der Waals surface area contributed by atoms with Gasteiger partial charge in [-0.1, -0.05) is 0 Å². The van der Waals surface area contributed by atoms with Gasteiger partial charge in [0.1, 0.15) is 6.26 Å². The molecule has 60 valence electrons. The van der Waals surface area contributed by atoms with Gasteiger partial charge in [-0.2, -0.15) is 17.2 Å². The number of rotatable bonds is 3. The van der Waals surface area contributed by atoms with Gasteiger partial charge in [0.05, 0.1) is 0 Å². The van der Waals surface area contributed by atoms with Gasteiger partial charge in [-0.25, -0.2) is 0 Å². The summed E-state index contributed by atoms with van der Waals surface area (Å²) in [6.07, 6.45) is -2.36. The highest BCUT2D eigenvalue weighted by Gasteiger charge is 2.05. The smallest absolute Gasteiger partial charge is 0.337 e. The van der Waals surface area contributed by atoms with Crippen molar-refractivity contribution in [2.45, 2.75) is 0 Å². The van der Waals surface area contributed by atoms with Gasteiger partial charge in [0, 0.05) is 0 Å². The summed E-state index contributed by atoms with van der Waals surface area (Å²) in [5.41, 5.74) is 0. The summed E-state index contributed by atoms with van der Waals surface area (Å²) in [7, 11) is -4.82. The number of hydrogen-bond acceptors (Lipinski definition) is 3. The Bertz CT molecular complexity index is 215. The predicted octanol–water partition coefficient (Wildman–Crippen LogP) is 0.998. The predicted molar refractivity (Wildman–Crippen MR) is 26.3 cm³/mol. The summed E-state index contributed by atoms with van der Waals surface area (Å²) in [4.78, 5) is 0. The zero-order valence-corrected chi connectivity index (χ0v) is 5.37. The molecule has 0 aliphatic heterocycles. The molecule has 0 atom stereocenters. The Morgan fingerprint density at radius 2 is 2.00 bits per heavy atom. The molecule has 0 bridgehead atoms. The van der Waals surface area contributed by atoms with Crippen LogP contribution < -0.4 is 0 Å². The Morgan fingerprint density at radius 1 is 1.50 bits per heavy atom. The van der Waals surface area contributed by atoms with Gasteiger partial charge in [-0.15, -0.1) is 3.89 Å². The normalized spacial score (nSPS) is 10.7. The topological polar surface area (TPSA) is 43.4 Å². The molecule has 0 aliphatic rings. The highest BCUT2D eigenvalue weighted by molar-refractivity contribution is 7.86. The third-order valence-electron chi connectivity index (χ3n) is 0.381. The first-order valence-corrected chi connectivity index (χ1v) is 3.52. The van der Waals surface area contributed by atoms with Gasteiger partial charge in [-0.3, -0.25) is 0 Å². The van der Waals surface area contributed by atoms with Crippen molar-refractivity contribution in [3.05, 3.63) is 12.3 Å². The molecule has 10 heavy (non-hydrogen) atoms. The molecule has 0 aliphatic carbocycles. The molecular formula is C3H3F3O3S. The highest BCUT2D eigenvalue weighted by atomic mass is 32.3. The molecular weight excluding hydrogens is 173 g/mol. The van der Waals surface area contributed by atoms with E-state index < -0.39 is 22.2 Å². The van der Waals surface area contributed by atoms with Crippen LogP contribution in [0.5, 0.6) is 0 Å². The molecule has 0 saturated carbocycles. The fourth-order valence-electron chi connectivity index (χ4n) is 0.178. The summed E-state index contributed by atoms with van der Waals surface area (Å²) in [6, 6.07) is 0. The van der Waals surface area contributed by atoms with Crippen molar-refractivity contribution in [1.29, 1.82) is 0 Å². The molecule has 0 aromatic carbocycles. The quantitative estimate of drug-likeness (QED) is 0.475. The van der Waals surface area contributed by atoms with Gasteiger partial charge < -0.3 is 4.74 Å². The van der Waals surface area contributed by atoms with Crippen molar-refractivity contribution in [3.8, 4) is 0 Å². The van der Waals surface area contributed by atoms with E-state index in [-0.39, 0.29) is 6.26 Å². The second kappa shape index (κ2) is 3.45. The first-order valence-electron chi connectivity index (χ1n) is 1.97. The first-order chi connectivity index (χ1) is 4.42. The van der Waals surface area contributed by atoms with Crippen LogP contribution in [-0.4, -0.2) is 14.4 Å². The monoisotopic (exact) mass is 176 g/mol. The van der Waals surface area contributed by atoms with Gasteiger partial charge in [0.15, 0.2) is 0 Å². The zero-order chi connectivity index (χ0) is 8.20. The summed E-state index contributed by atoms with van der Waals surface area (Å²) in [6.45, 7) is 0. The minimum atomic E-state index is -4.82. The van der Waals surface area contributed by atoms with E-state index in [1.54, 1.807) is 0 Å². The Labute approximate surface area is 55.3 Å². The summed E-state index contributed by atoms with van der Waals surface area (Å²) in [5.74, 6) is -1.38. The standard InChI is InChI=1S/C3H3F3O3S/c4-3(5)1-9-2-10(6,7)8/h1H,2H2. The second-order valence-corrected chi connectivity index (χ2v) is 2.54. The van der Waals surface area contributed by atoms with Crippen LogP contribution in [0.4, 0.5) is 12.7 Å². The third kappa shape index (κ3) is 7.28. The van der Waals surface area contributed by atoms with E-state index in [0.717, 1.165) is 0 Å². The van der Waals surface area contributed by atoms with Gasteiger partial charge in [0.2, 0.25) is 5.94 Å². The molecule has 0 aromatic heterocycles. The van der Waals surface area contributed by atoms with E-state index in [1.165, 1.54) is 0 Å². The van der Waals surface area contributed by atoms with Gasteiger partial charge in [-0.05, 0) is 0 Å². The Hall–Kier alpha value is -0.720. The van der Waals surface area contributed by atoms with Crippen LogP contribution in [0.2, 0.25) is 0 Å². The molecule has 0 N–H and O–H groups in total. The van der Waals surface area contributed by atoms with Crippen LogP contribution in [0.15, 0.2) is 12.3 Å². The number of hydrogen-bond donors (Lipinski definition) is 0. The van der Waals surface area contributed by atoms with Crippen LogP contribution in [0.1, 0.15) is 0 Å². The molecule has 0 radical (unpaired) electrons. The number of halogens is 3. The van der Waals surface area contributed by atoms with E-state index in [0.29, 0.717) is 0 Å². The van der Waals surface area contributed by atoms with E-state index in [1.807, 2.05) is 0 Å². The fourth-order valence-corrected chi connectivity index (χ4v) is 0.409. The summed E-state index contributed by atoms with van der Waals surface area (Å²) >= 11 is 0. The summed E-state index contributed by atoms with van der Waals surface area (Å²) in [5, 5.41) is 0. The lowest BCUT2D eigenvalue weighted by Crippen LogP contribution is -1.98. The maximum atomic E-state index is 11.4. The maximum Gasteiger partial charge on any atom is 0.337 e. The highest BCUT2D eigenvalue weighted by Crippen LogP contribution is 1.98. The van der Waals surface area contributed by atoms with Crippen LogP contribution >= 0.6 is 0 Å². The SMILES string of the molecule is O=S(=O)(F)COC=C(F)F. The molecule has 0 heterocycles. The van der Waals surface area contributed by atoms with E-state index in [2.05, 4.69) is 4.74 Å². The first kappa shape index (κ1) is 9.28. The van der Waals surface area contributed by atoms with Crippen molar-refractivity contribution in [2.24, 2.45) is 0 Å². The molecule has 0 rings (SSSR count). The molecule has 0 unspecified atom stereocenters. The molecule has 0 saturated heterocycles. The van der Waals surface area contributed by atoms with Crippen LogP contribution in [-0.2, 0) is 15.0 Å². The van der Waals surface area contributed by atoms with Crippen molar-refractivity contribution >= 4 is 10.2 Å². The second-order valence-electron chi connectivity index (χ2n) is 1.23. The van der Waals surface area contributed by atoms with Gasteiger partial charge >= 0.3 is 16.3 Å². The molecule has 3 nitrogen and oxygen atoms in total. The van der Waals surface area contributed by atoms with Gasteiger partial charge in [0.25, 0.3) is 0 Å². The van der Waals surface area contributed by atoms with Crippen molar-refractivity contribution in [3.63, 3.8) is 0 Å². The van der Waals surface area contributed by atoms with Crippen LogP contribution in [0.3, 0.4) is 0 Å². The molecule has 7 heteroatoms. The largest absolute Gasteiger partial charge is 0.477 e. The molecule has 0 amide bonds. The van der Waals surface area contributed by atoms with E-state index in [4.69, 9.17) is 0 Å². The average molecular weight is 176 g/mol.